The molecule has 2 aromatic carbocycles. The van der Waals surface area contributed by atoms with Gasteiger partial charge in [0.15, 0.2) is 0 Å². The third-order valence-electron chi connectivity index (χ3n) is 5.37. The predicted octanol–water partition coefficient (Wildman–Crippen LogP) is 3.06. The Labute approximate surface area is 183 Å². The summed E-state index contributed by atoms with van der Waals surface area (Å²) in [5, 5.41) is 0.185. The Hall–Kier alpha value is -1.81. The average Bonchev–Trinajstić information content (AvgIpc) is 2.64. The highest BCUT2D eigenvalue weighted by Crippen LogP contribution is 2.31. The smallest absolute Gasteiger partial charge is 0.242 e. The van der Waals surface area contributed by atoms with Gasteiger partial charge in [-0.25, -0.2) is 21.6 Å². The molecule has 0 aromatic heterocycles. The predicted molar refractivity (Wildman–Crippen MR) is 121 cm³/mol. The SMILES string of the molecule is CCC1CN(c2ccc(S(=O)(=O)NCc3ccc(N(C)S(C)(=O)=O)cc3)c(Cl)c2)C1. The first-order valence-electron chi connectivity index (χ1n) is 9.58. The Morgan fingerprint density at radius 2 is 1.73 bits per heavy atom. The number of hydrogen-bond acceptors (Lipinski definition) is 5. The summed E-state index contributed by atoms with van der Waals surface area (Å²) in [7, 11) is -5.69. The van der Waals surface area contributed by atoms with Gasteiger partial charge in [-0.3, -0.25) is 4.31 Å². The molecule has 3 rings (SSSR count). The van der Waals surface area contributed by atoms with Crippen LogP contribution in [0.2, 0.25) is 5.02 Å². The van der Waals surface area contributed by atoms with Crippen LogP contribution in [-0.2, 0) is 26.6 Å². The van der Waals surface area contributed by atoms with Gasteiger partial charge in [-0.05, 0) is 48.2 Å². The third-order valence-corrected chi connectivity index (χ3v) is 8.46. The Bertz CT molecular complexity index is 1110. The summed E-state index contributed by atoms with van der Waals surface area (Å²) in [5.74, 6) is 0.678. The van der Waals surface area contributed by atoms with Crippen molar-refractivity contribution in [2.75, 3.05) is 35.6 Å². The van der Waals surface area contributed by atoms with Crippen LogP contribution in [0.3, 0.4) is 0 Å². The molecule has 0 spiro atoms. The molecule has 1 heterocycles. The van der Waals surface area contributed by atoms with Crippen LogP contribution in [0.15, 0.2) is 47.4 Å². The van der Waals surface area contributed by atoms with Crippen LogP contribution in [0.1, 0.15) is 18.9 Å². The first kappa shape index (κ1) is 22.9. The lowest BCUT2D eigenvalue weighted by Gasteiger charge is -2.40. The molecule has 1 aliphatic rings. The maximum Gasteiger partial charge on any atom is 0.242 e. The molecular formula is C20H26ClN3O4S2. The molecule has 1 N–H and O–H groups in total. The fourth-order valence-electron chi connectivity index (χ4n) is 3.21. The molecule has 30 heavy (non-hydrogen) atoms. The number of rotatable bonds is 8. The van der Waals surface area contributed by atoms with E-state index in [-0.39, 0.29) is 16.5 Å². The van der Waals surface area contributed by atoms with E-state index in [1.54, 1.807) is 36.4 Å². The number of benzene rings is 2. The summed E-state index contributed by atoms with van der Waals surface area (Å²) in [6, 6.07) is 11.6. The lowest BCUT2D eigenvalue weighted by Crippen LogP contribution is -2.46. The van der Waals surface area contributed by atoms with Gasteiger partial charge in [-0.2, -0.15) is 0 Å². The van der Waals surface area contributed by atoms with Crippen molar-refractivity contribution in [2.24, 2.45) is 5.92 Å². The Balaban J connectivity index is 1.67. The van der Waals surface area contributed by atoms with Crippen molar-refractivity contribution < 1.29 is 16.8 Å². The van der Waals surface area contributed by atoms with E-state index >= 15 is 0 Å². The molecule has 0 bridgehead atoms. The molecule has 0 saturated carbocycles. The zero-order valence-corrected chi connectivity index (χ0v) is 19.6. The highest BCUT2D eigenvalue weighted by molar-refractivity contribution is 7.92. The van der Waals surface area contributed by atoms with Crippen molar-refractivity contribution in [1.29, 1.82) is 0 Å². The van der Waals surface area contributed by atoms with Gasteiger partial charge >= 0.3 is 0 Å². The van der Waals surface area contributed by atoms with E-state index in [0.29, 0.717) is 17.2 Å². The summed E-state index contributed by atoms with van der Waals surface area (Å²) in [4.78, 5) is 2.22. The van der Waals surface area contributed by atoms with Crippen molar-refractivity contribution in [3.8, 4) is 0 Å². The van der Waals surface area contributed by atoms with Crippen molar-refractivity contribution in [3.05, 3.63) is 53.1 Å². The second-order valence-corrected chi connectivity index (χ2v) is 11.7. The summed E-state index contributed by atoms with van der Waals surface area (Å²) in [5.41, 5.74) is 2.12. The molecule has 0 radical (unpaired) electrons. The topological polar surface area (TPSA) is 86.8 Å². The van der Waals surface area contributed by atoms with E-state index in [4.69, 9.17) is 11.6 Å². The van der Waals surface area contributed by atoms with E-state index in [2.05, 4.69) is 16.5 Å². The number of hydrogen-bond donors (Lipinski definition) is 1. The quantitative estimate of drug-likeness (QED) is 0.639. The molecule has 10 heteroatoms. The van der Waals surface area contributed by atoms with Gasteiger partial charge in [-0.1, -0.05) is 30.7 Å². The van der Waals surface area contributed by atoms with Crippen LogP contribution < -0.4 is 13.9 Å². The fraction of sp³-hybridized carbons (Fsp3) is 0.400. The Morgan fingerprint density at radius 3 is 2.27 bits per heavy atom. The third kappa shape index (κ3) is 5.08. The Morgan fingerprint density at radius 1 is 1.10 bits per heavy atom. The number of halogens is 1. The second kappa shape index (κ2) is 8.74. The molecule has 1 saturated heterocycles. The summed E-state index contributed by atoms with van der Waals surface area (Å²) >= 11 is 6.28. The number of sulfonamides is 2. The summed E-state index contributed by atoms with van der Waals surface area (Å²) in [6.07, 6.45) is 2.25. The zero-order chi connectivity index (χ0) is 22.1. The number of anilines is 2. The highest BCUT2D eigenvalue weighted by Gasteiger charge is 2.26. The molecule has 0 aliphatic carbocycles. The lowest BCUT2D eigenvalue weighted by molar-refractivity contribution is 0.399. The first-order valence-corrected chi connectivity index (χ1v) is 13.3. The van der Waals surface area contributed by atoms with Crippen molar-refractivity contribution in [3.63, 3.8) is 0 Å². The zero-order valence-electron chi connectivity index (χ0n) is 17.2. The fourth-order valence-corrected chi connectivity index (χ4v) is 5.27. The minimum Gasteiger partial charge on any atom is -0.371 e. The molecular weight excluding hydrogens is 446 g/mol. The van der Waals surface area contributed by atoms with Gasteiger partial charge in [0, 0.05) is 32.4 Å². The average molecular weight is 472 g/mol. The number of nitrogens with zero attached hydrogens (tertiary/aromatic N) is 2. The number of nitrogens with one attached hydrogen (secondary N) is 1. The standard InChI is InChI=1S/C20H26ClN3O4S2/c1-4-15-13-24(14-15)18-9-10-20(19(21)11-18)30(27,28)22-12-16-5-7-17(8-6-16)23(2)29(3,25)26/h5-11,15,22H,4,12-14H2,1-3H3. The van der Waals surface area contributed by atoms with Crippen LogP contribution >= 0.6 is 11.6 Å². The van der Waals surface area contributed by atoms with E-state index < -0.39 is 20.0 Å². The molecule has 164 valence electrons. The summed E-state index contributed by atoms with van der Waals surface area (Å²) < 4.78 is 52.3. The van der Waals surface area contributed by atoms with Crippen LogP contribution in [0.25, 0.3) is 0 Å². The molecule has 0 atom stereocenters. The molecule has 7 nitrogen and oxygen atoms in total. The monoisotopic (exact) mass is 471 g/mol. The van der Waals surface area contributed by atoms with E-state index in [9.17, 15) is 16.8 Å². The second-order valence-electron chi connectivity index (χ2n) is 7.52. The van der Waals surface area contributed by atoms with Crippen LogP contribution in [-0.4, -0.2) is 43.2 Å². The molecule has 1 fully saturated rings. The highest BCUT2D eigenvalue weighted by atomic mass is 35.5. The van der Waals surface area contributed by atoms with Crippen molar-refractivity contribution >= 4 is 43.0 Å². The van der Waals surface area contributed by atoms with E-state index in [1.165, 1.54) is 13.1 Å². The van der Waals surface area contributed by atoms with Crippen LogP contribution in [0.5, 0.6) is 0 Å². The van der Waals surface area contributed by atoms with E-state index in [1.807, 2.05) is 0 Å². The molecule has 0 unspecified atom stereocenters. The largest absolute Gasteiger partial charge is 0.371 e. The van der Waals surface area contributed by atoms with Gasteiger partial charge in [0.25, 0.3) is 0 Å². The van der Waals surface area contributed by atoms with Gasteiger partial charge in [-0.15, -0.1) is 0 Å². The lowest BCUT2D eigenvalue weighted by atomic mass is 9.97. The molecule has 0 amide bonds. The normalized spacial score (nSPS) is 15.1. The minimum atomic E-state index is -3.79. The van der Waals surface area contributed by atoms with Crippen LogP contribution in [0, 0.1) is 5.92 Å². The Kier molecular flexibility index (Phi) is 6.66. The molecule has 2 aromatic rings. The van der Waals surface area contributed by atoms with Gasteiger partial charge < -0.3 is 4.90 Å². The molecule has 1 aliphatic heterocycles. The van der Waals surface area contributed by atoms with Gasteiger partial charge in [0.2, 0.25) is 20.0 Å². The van der Waals surface area contributed by atoms with Crippen molar-refractivity contribution in [1.82, 2.24) is 4.72 Å². The first-order chi connectivity index (χ1) is 14.0. The van der Waals surface area contributed by atoms with E-state index in [0.717, 1.165) is 35.8 Å². The minimum absolute atomic E-state index is 0.0360. The maximum atomic E-state index is 12.7. The van der Waals surface area contributed by atoms with Crippen molar-refractivity contribution in [2.45, 2.75) is 24.8 Å². The maximum absolute atomic E-state index is 12.7. The van der Waals surface area contributed by atoms with Gasteiger partial charge in [0.05, 0.1) is 17.0 Å². The summed E-state index contributed by atoms with van der Waals surface area (Å²) in [6.45, 7) is 4.14. The van der Waals surface area contributed by atoms with Crippen LogP contribution in [0.4, 0.5) is 11.4 Å². The van der Waals surface area contributed by atoms with Gasteiger partial charge in [0.1, 0.15) is 4.90 Å².